The van der Waals surface area contributed by atoms with Crippen LogP contribution in [0.3, 0.4) is 0 Å². The monoisotopic (exact) mass is 372 g/mol. The van der Waals surface area contributed by atoms with Gasteiger partial charge in [0.1, 0.15) is 0 Å². The summed E-state index contributed by atoms with van der Waals surface area (Å²) in [6.45, 7) is 9.12. The van der Waals surface area contributed by atoms with Gasteiger partial charge in [0.2, 0.25) is 5.91 Å². The second-order valence-corrected chi connectivity index (χ2v) is 8.14. The first-order chi connectivity index (χ1) is 13.0. The summed E-state index contributed by atoms with van der Waals surface area (Å²) in [6.07, 6.45) is 2.62. The molecule has 0 spiro atoms. The van der Waals surface area contributed by atoms with Gasteiger partial charge in [-0.2, -0.15) is 0 Å². The fourth-order valence-corrected chi connectivity index (χ4v) is 4.39. The van der Waals surface area contributed by atoms with Gasteiger partial charge < -0.3 is 10.2 Å². The van der Waals surface area contributed by atoms with Crippen LogP contribution < -0.4 is 11.0 Å². The Balaban J connectivity index is 1.43. The third-order valence-corrected chi connectivity index (χ3v) is 5.53. The molecule has 3 rings (SSSR count). The van der Waals surface area contributed by atoms with E-state index < -0.39 is 0 Å². The molecule has 2 unspecified atom stereocenters. The molecule has 1 aliphatic heterocycles. The molecule has 1 aliphatic rings. The Hall–Kier alpha value is -2.08. The average molecular weight is 373 g/mol. The van der Waals surface area contributed by atoms with Crippen LogP contribution in [0, 0.1) is 11.8 Å². The third kappa shape index (κ3) is 4.80. The lowest BCUT2D eigenvalue weighted by atomic mass is 9.92. The minimum Gasteiger partial charge on any atom is -0.356 e. The van der Waals surface area contributed by atoms with Crippen molar-refractivity contribution in [3.63, 3.8) is 0 Å². The fraction of sp³-hybridized carbons (Fsp3) is 0.619. The number of piperidine rings is 1. The molecule has 2 atom stereocenters. The predicted molar refractivity (Wildman–Crippen MR) is 109 cm³/mol. The number of hydrogen-bond acceptors (Lipinski definition) is 3. The Morgan fingerprint density at radius 1 is 1.11 bits per heavy atom. The number of para-hydroxylation sites is 2. The largest absolute Gasteiger partial charge is 0.356 e. The van der Waals surface area contributed by atoms with E-state index in [0.717, 1.165) is 35.8 Å². The molecule has 27 heavy (non-hydrogen) atoms. The molecule has 0 aliphatic carbocycles. The zero-order chi connectivity index (χ0) is 19.4. The predicted octanol–water partition coefficient (Wildman–Crippen LogP) is 2.21. The molecule has 1 amide bonds. The van der Waals surface area contributed by atoms with Crippen molar-refractivity contribution in [2.75, 3.05) is 26.2 Å². The molecule has 148 valence electrons. The quantitative estimate of drug-likeness (QED) is 0.758. The molecule has 6 heteroatoms. The highest BCUT2D eigenvalue weighted by atomic mass is 16.2. The van der Waals surface area contributed by atoms with E-state index in [2.05, 4.69) is 24.1 Å². The molecule has 1 aromatic heterocycles. The number of carbonyl (C=O) groups excluding carboxylic acids is 1. The van der Waals surface area contributed by atoms with Gasteiger partial charge in [0.25, 0.3) is 0 Å². The molecular weight excluding hydrogens is 340 g/mol. The molecule has 1 aromatic carbocycles. The van der Waals surface area contributed by atoms with E-state index >= 15 is 0 Å². The van der Waals surface area contributed by atoms with Crippen molar-refractivity contribution in [1.29, 1.82) is 0 Å². The van der Waals surface area contributed by atoms with E-state index in [0.29, 0.717) is 19.5 Å². The number of aryl methyl sites for hydroxylation is 2. The minimum absolute atomic E-state index is 0.00946. The second kappa shape index (κ2) is 8.74. The van der Waals surface area contributed by atoms with E-state index in [1.807, 2.05) is 24.3 Å². The standard InChI is InChI=1S/C21H32N4O2/c1-16-13-17(2)15-24(14-16)11-6-10-22-20(26)9-12-25-19-8-5-4-7-18(19)23(3)21(25)27/h4-5,7-8,16-17H,6,9-15H2,1-3H3,(H,22,26). The Labute approximate surface area is 161 Å². The fourth-order valence-electron chi connectivity index (χ4n) is 4.39. The zero-order valence-corrected chi connectivity index (χ0v) is 16.8. The van der Waals surface area contributed by atoms with Crippen molar-refractivity contribution < 1.29 is 4.79 Å². The second-order valence-electron chi connectivity index (χ2n) is 8.14. The number of benzene rings is 1. The van der Waals surface area contributed by atoms with Crippen LogP contribution in [0.15, 0.2) is 29.1 Å². The number of nitrogens with zero attached hydrogens (tertiary/aromatic N) is 3. The molecule has 6 nitrogen and oxygen atoms in total. The number of imidazole rings is 1. The number of amides is 1. The number of aromatic nitrogens is 2. The van der Waals surface area contributed by atoms with E-state index in [4.69, 9.17) is 0 Å². The van der Waals surface area contributed by atoms with E-state index in [9.17, 15) is 9.59 Å². The summed E-state index contributed by atoms with van der Waals surface area (Å²) in [5.41, 5.74) is 1.70. The van der Waals surface area contributed by atoms with Crippen LogP contribution in [0.2, 0.25) is 0 Å². The molecule has 1 fully saturated rings. The molecule has 2 heterocycles. The maximum absolute atomic E-state index is 12.4. The van der Waals surface area contributed by atoms with Crippen LogP contribution >= 0.6 is 0 Å². The Morgan fingerprint density at radius 3 is 2.48 bits per heavy atom. The van der Waals surface area contributed by atoms with Crippen molar-refractivity contribution in [2.45, 2.75) is 39.7 Å². The topological polar surface area (TPSA) is 59.3 Å². The summed E-state index contributed by atoms with van der Waals surface area (Å²) < 4.78 is 3.32. The molecular formula is C21H32N4O2. The highest BCUT2D eigenvalue weighted by molar-refractivity contribution is 5.77. The van der Waals surface area contributed by atoms with Gasteiger partial charge in [-0.15, -0.1) is 0 Å². The summed E-state index contributed by atoms with van der Waals surface area (Å²) in [5.74, 6) is 1.54. The van der Waals surface area contributed by atoms with Gasteiger partial charge >= 0.3 is 5.69 Å². The zero-order valence-electron chi connectivity index (χ0n) is 16.8. The summed E-state index contributed by atoms with van der Waals surface area (Å²) in [7, 11) is 1.77. The van der Waals surface area contributed by atoms with Gasteiger partial charge in [-0.05, 0) is 43.4 Å². The molecule has 0 radical (unpaired) electrons. The molecule has 2 aromatic rings. The highest BCUT2D eigenvalue weighted by Crippen LogP contribution is 2.20. The summed E-state index contributed by atoms with van der Waals surface area (Å²) in [6, 6.07) is 7.69. The normalized spacial score (nSPS) is 20.9. The Kier molecular flexibility index (Phi) is 6.37. The van der Waals surface area contributed by atoms with Gasteiger partial charge in [-0.3, -0.25) is 13.9 Å². The first-order valence-electron chi connectivity index (χ1n) is 10.1. The maximum atomic E-state index is 12.4. The van der Waals surface area contributed by atoms with Crippen molar-refractivity contribution in [2.24, 2.45) is 18.9 Å². The number of carbonyl (C=O) groups is 1. The third-order valence-electron chi connectivity index (χ3n) is 5.53. The lowest BCUT2D eigenvalue weighted by Gasteiger charge is -2.34. The Morgan fingerprint density at radius 2 is 1.78 bits per heavy atom. The number of rotatable bonds is 7. The highest BCUT2D eigenvalue weighted by Gasteiger charge is 2.21. The van der Waals surface area contributed by atoms with Crippen molar-refractivity contribution in [3.05, 3.63) is 34.7 Å². The number of hydrogen-bond donors (Lipinski definition) is 1. The van der Waals surface area contributed by atoms with Gasteiger partial charge in [-0.1, -0.05) is 26.0 Å². The summed E-state index contributed by atoms with van der Waals surface area (Å²) >= 11 is 0. The first-order valence-corrected chi connectivity index (χ1v) is 10.1. The summed E-state index contributed by atoms with van der Waals surface area (Å²) in [4.78, 5) is 27.1. The van der Waals surface area contributed by atoms with Gasteiger partial charge in [0, 0.05) is 39.6 Å². The number of likely N-dealkylation sites (tertiary alicyclic amines) is 1. The average Bonchev–Trinajstić information content (AvgIpc) is 2.87. The van der Waals surface area contributed by atoms with Crippen molar-refractivity contribution in [3.8, 4) is 0 Å². The van der Waals surface area contributed by atoms with Gasteiger partial charge in [-0.25, -0.2) is 4.79 Å². The molecule has 0 saturated carbocycles. The van der Waals surface area contributed by atoms with Gasteiger partial charge in [0.05, 0.1) is 11.0 Å². The number of fused-ring (bicyclic) bond motifs is 1. The number of nitrogens with one attached hydrogen (secondary N) is 1. The van der Waals surface area contributed by atoms with Crippen molar-refractivity contribution in [1.82, 2.24) is 19.4 Å². The smallest absolute Gasteiger partial charge is 0.328 e. The summed E-state index contributed by atoms with van der Waals surface area (Å²) in [5, 5.41) is 3.00. The Bertz CT molecular complexity index is 828. The van der Waals surface area contributed by atoms with Crippen LogP contribution in [0.1, 0.15) is 33.1 Å². The van der Waals surface area contributed by atoms with Crippen LogP contribution in [0.25, 0.3) is 11.0 Å². The van der Waals surface area contributed by atoms with Crippen LogP contribution in [-0.4, -0.2) is 46.1 Å². The van der Waals surface area contributed by atoms with E-state index in [1.165, 1.54) is 19.5 Å². The van der Waals surface area contributed by atoms with Crippen LogP contribution in [0.5, 0.6) is 0 Å². The van der Waals surface area contributed by atoms with E-state index in [-0.39, 0.29) is 11.6 Å². The molecule has 0 bridgehead atoms. The van der Waals surface area contributed by atoms with Crippen LogP contribution in [0.4, 0.5) is 0 Å². The molecule has 1 N–H and O–H groups in total. The lowest BCUT2D eigenvalue weighted by Crippen LogP contribution is -2.40. The maximum Gasteiger partial charge on any atom is 0.328 e. The van der Waals surface area contributed by atoms with E-state index in [1.54, 1.807) is 16.2 Å². The van der Waals surface area contributed by atoms with Crippen molar-refractivity contribution >= 4 is 16.9 Å². The first kappa shape index (κ1) is 19.7. The van der Waals surface area contributed by atoms with Gasteiger partial charge in [0.15, 0.2) is 0 Å². The lowest BCUT2D eigenvalue weighted by molar-refractivity contribution is -0.121. The minimum atomic E-state index is -0.0719. The molecule has 1 saturated heterocycles. The SMILES string of the molecule is CC1CC(C)CN(CCCNC(=O)CCn2c(=O)n(C)c3ccccc32)C1. The van der Waals surface area contributed by atoms with Crippen LogP contribution in [-0.2, 0) is 18.4 Å².